The number of morpholine rings is 1. The highest BCUT2D eigenvalue weighted by Gasteiger charge is 2.19. The van der Waals surface area contributed by atoms with E-state index in [1.165, 1.54) is 6.92 Å². The zero-order chi connectivity index (χ0) is 13.4. The molecule has 0 aromatic rings. The van der Waals surface area contributed by atoms with Crippen molar-refractivity contribution in [3.8, 4) is 0 Å². The summed E-state index contributed by atoms with van der Waals surface area (Å²) in [4.78, 5) is 13.2. The minimum Gasteiger partial charge on any atom is -0.374 e. The van der Waals surface area contributed by atoms with E-state index >= 15 is 0 Å². The fourth-order valence-electron chi connectivity index (χ4n) is 1.99. The van der Waals surface area contributed by atoms with Gasteiger partial charge in [-0.1, -0.05) is 13.8 Å². The third kappa shape index (κ3) is 6.93. The molecule has 5 heteroatoms. The van der Waals surface area contributed by atoms with Gasteiger partial charge >= 0.3 is 0 Å². The fourth-order valence-corrected chi connectivity index (χ4v) is 1.99. The molecule has 0 saturated carbocycles. The summed E-state index contributed by atoms with van der Waals surface area (Å²) in [5.41, 5.74) is 0. The van der Waals surface area contributed by atoms with Crippen molar-refractivity contribution < 1.29 is 9.53 Å². The molecule has 2 N–H and O–H groups in total. The van der Waals surface area contributed by atoms with E-state index in [0.717, 1.165) is 39.3 Å². The Labute approximate surface area is 110 Å². The molecule has 0 spiro atoms. The number of nitrogens with one attached hydrogen (secondary N) is 2. The molecule has 0 radical (unpaired) electrons. The molecule has 0 bridgehead atoms. The van der Waals surface area contributed by atoms with Gasteiger partial charge in [0.2, 0.25) is 5.91 Å². The van der Waals surface area contributed by atoms with Crippen molar-refractivity contribution in [2.45, 2.75) is 26.9 Å². The van der Waals surface area contributed by atoms with E-state index in [4.69, 9.17) is 4.74 Å². The maximum Gasteiger partial charge on any atom is 0.216 e. The van der Waals surface area contributed by atoms with Crippen LogP contribution >= 0.6 is 0 Å². The first-order valence-corrected chi connectivity index (χ1v) is 6.87. The van der Waals surface area contributed by atoms with Crippen LogP contribution in [0.5, 0.6) is 0 Å². The summed E-state index contributed by atoms with van der Waals surface area (Å²) >= 11 is 0. The van der Waals surface area contributed by atoms with Crippen LogP contribution in [0.3, 0.4) is 0 Å². The van der Waals surface area contributed by atoms with Crippen LogP contribution in [0.1, 0.15) is 20.8 Å². The summed E-state index contributed by atoms with van der Waals surface area (Å²) in [7, 11) is 0. The summed E-state index contributed by atoms with van der Waals surface area (Å²) in [6.07, 6.45) is 0.132. The zero-order valence-corrected chi connectivity index (χ0v) is 11.9. The van der Waals surface area contributed by atoms with E-state index in [1.807, 2.05) is 0 Å². The van der Waals surface area contributed by atoms with Gasteiger partial charge < -0.3 is 15.4 Å². The number of carbonyl (C=O) groups excluding carboxylic acids is 1. The van der Waals surface area contributed by atoms with Crippen LogP contribution in [0.25, 0.3) is 0 Å². The van der Waals surface area contributed by atoms with Gasteiger partial charge in [-0.2, -0.15) is 0 Å². The van der Waals surface area contributed by atoms with Gasteiger partial charge in [-0.3, -0.25) is 9.69 Å². The van der Waals surface area contributed by atoms with Crippen molar-refractivity contribution in [3.63, 3.8) is 0 Å². The molecule has 1 heterocycles. The summed E-state index contributed by atoms with van der Waals surface area (Å²) in [6, 6.07) is 0. The first kappa shape index (κ1) is 15.4. The zero-order valence-electron chi connectivity index (χ0n) is 11.9. The molecule has 1 aliphatic heterocycles. The average molecular weight is 257 g/mol. The first-order chi connectivity index (χ1) is 8.58. The average Bonchev–Trinajstić information content (AvgIpc) is 2.32. The Morgan fingerprint density at radius 1 is 1.50 bits per heavy atom. The normalized spacial score (nSPS) is 21.2. The molecule has 0 aromatic carbocycles. The van der Waals surface area contributed by atoms with Crippen LogP contribution in [-0.2, 0) is 9.53 Å². The Bertz CT molecular complexity index is 246. The summed E-state index contributed by atoms with van der Waals surface area (Å²) < 4.78 is 5.63. The lowest BCUT2D eigenvalue weighted by Gasteiger charge is -2.33. The number of hydrogen-bond donors (Lipinski definition) is 2. The molecule has 0 unspecified atom stereocenters. The van der Waals surface area contributed by atoms with Gasteiger partial charge in [0.15, 0.2) is 0 Å². The Balaban J connectivity index is 2.12. The Morgan fingerprint density at radius 3 is 2.94 bits per heavy atom. The van der Waals surface area contributed by atoms with Crippen molar-refractivity contribution >= 4 is 5.91 Å². The molecule has 1 amide bonds. The van der Waals surface area contributed by atoms with Crippen LogP contribution in [0.2, 0.25) is 0 Å². The van der Waals surface area contributed by atoms with Crippen molar-refractivity contribution in [2.75, 3.05) is 45.9 Å². The van der Waals surface area contributed by atoms with Gasteiger partial charge in [-0.25, -0.2) is 0 Å². The van der Waals surface area contributed by atoms with Crippen LogP contribution in [0, 0.1) is 5.92 Å². The molecule has 1 rings (SSSR count). The van der Waals surface area contributed by atoms with Crippen LogP contribution in [-0.4, -0.2) is 62.8 Å². The molecular formula is C13H27N3O2. The lowest BCUT2D eigenvalue weighted by Crippen LogP contribution is -2.48. The standard InChI is InChI=1S/C13H27N3O2/c1-11(2)8-14-4-5-16-6-7-18-13(10-16)9-15-12(3)17/h11,13-14H,4-10H2,1-3H3,(H,15,17)/t13-/m1/s1. The molecular weight excluding hydrogens is 230 g/mol. The van der Waals surface area contributed by atoms with Gasteiger partial charge in [0, 0.05) is 39.6 Å². The molecule has 0 aromatic heterocycles. The monoisotopic (exact) mass is 257 g/mol. The van der Waals surface area contributed by atoms with E-state index in [-0.39, 0.29) is 12.0 Å². The van der Waals surface area contributed by atoms with E-state index in [9.17, 15) is 4.79 Å². The summed E-state index contributed by atoms with van der Waals surface area (Å²) in [5, 5.41) is 6.26. The van der Waals surface area contributed by atoms with Gasteiger partial charge in [0.25, 0.3) is 0 Å². The minimum atomic E-state index is 0.00863. The molecule has 1 atom stereocenters. The van der Waals surface area contributed by atoms with E-state index in [1.54, 1.807) is 0 Å². The number of amides is 1. The molecule has 0 aliphatic carbocycles. The number of ether oxygens (including phenoxy) is 1. The van der Waals surface area contributed by atoms with E-state index < -0.39 is 0 Å². The second kappa shape index (κ2) is 8.45. The summed E-state index contributed by atoms with van der Waals surface area (Å²) in [5.74, 6) is 0.705. The summed E-state index contributed by atoms with van der Waals surface area (Å²) in [6.45, 7) is 12.4. The molecule has 1 fully saturated rings. The lowest BCUT2D eigenvalue weighted by molar-refractivity contribution is -0.120. The van der Waals surface area contributed by atoms with Gasteiger partial charge in [-0.15, -0.1) is 0 Å². The molecule has 1 aliphatic rings. The first-order valence-electron chi connectivity index (χ1n) is 6.87. The second-order valence-corrected chi connectivity index (χ2v) is 5.33. The van der Waals surface area contributed by atoms with Gasteiger partial charge in [0.05, 0.1) is 12.7 Å². The topological polar surface area (TPSA) is 53.6 Å². The number of carbonyl (C=O) groups is 1. The smallest absolute Gasteiger partial charge is 0.216 e. The SMILES string of the molecule is CC(=O)NC[C@@H]1CN(CCNCC(C)C)CCO1. The highest BCUT2D eigenvalue weighted by molar-refractivity contribution is 5.72. The minimum absolute atomic E-state index is 0.00863. The molecule has 106 valence electrons. The molecule has 18 heavy (non-hydrogen) atoms. The third-order valence-corrected chi connectivity index (χ3v) is 2.96. The van der Waals surface area contributed by atoms with Gasteiger partial charge in [-0.05, 0) is 12.5 Å². The molecule has 1 saturated heterocycles. The maximum atomic E-state index is 10.9. The highest BCUT2D eigenvalue weighted by Crippen LogP contribution is 2.03. The van der Waals surface area contributed by atoms with Crippen molar-refractivity contribution in [3.05, 3.63) is 0 Å². The Kier molecular flexibility index (Phi) is 7.23. The highest BCUT2D eigenvalue weighted by atomic mass is 16.5. The number of hydrogen-bond acceptors (Lipinski definition) is 4. The van der Waals surface area contributed by atoms with Crippen molar-refractivity contribution in [1.82, 2.24) is 15.5 Å². The Hall–Kier alpha value is -0.650. The largest absolute Gasteiger partial charge is 0.374 e. The number of nitrogens with zero attached hydrogens (tertiary/aromatic N) is 1. The quantitative estimate of drug-likeness (QED) is 0.634. The third-order valence-electron chi connectivity index (χ3n) is 2.96. The maximum absolute atomic E-state index is 10.9. The molecule has 5 nitrogen and oxygen atoms in total. The predicted octanol–water partition coefficient (Wildman–Crippen LogP) is 0.0689. The van der Waals surface area contributed by atoms with Crippen LogP contribution in [0.15, 0.2) is 0 Å². The lowest BCUT2D eigenvalue weighted by atomic mass is 10.2. The van der Waals surface area contributed by atoms with Gasteiger partial charge in [0.1, 0.15) is 0 Å². The van der Waals surface area contributed by atoms with Crippen molar-refractivity contribution in [1.29, 1.82) is 0 Å². The van der Waals surface area contributed by atoms with E-state index in [2.05, 4.69) is 29.4 Å². The predicted molar refractivity (Wildman–Crippen MR) is 72.6 cm³/mol. The van der Waals surface area contributed by atoms with E-state index in [0.29, 0.717) is 12.5 Å². The fraction of sp³-hybridized carbons (Fsp3) is 0.923. The Morgan fingerprint density at radius 2 is 2.28 bits per heavy atom. The van der Waals surface area contributed by atoms with Crippen LogP contribution < -0.4 is 10.6 Å². The second-order valence-electron chi connectivity index (χ2n) is 5.33. The number of rotatable bonds is 7. The van der Waals surface area contributed by atoms with Crippen molar-refractivity contribution in [2.24, 2.45) is 5.92 Å². The van der Waals surface area contributed by atoms with Crippen LogP contribution in [0.4, 0.5) is 0 Å².